The maximum Gasteiger partial charge on any atom is 0.162 e. The molecule has 1 rings (SSSR count). The van der Waals surface area contributed by atoms with Crippen molar-refractivity contribution in [2.24, 2.45) is 5.73 Å². The summed E-state index contributed by atoms with van der Waals surface area (Å²) >= 11 is 0. The molecule has 0 amide bonds. The largest absolute Gasteiger partial charge is 0.379 e. The number of rotatable bonds is 5. The first-order valence-electron chi connectivity index (χ1n) is 5.59. The first-order chi connectivity index (χ1) is 7.85. The van der Waals surface area contributed by atoms with Crippen LogP contribution in [0.15, 0.2) is 18.2 Å². The molecule has 2 N–H and O–H groups in total. The van der Waals surface area contributed by atoms with E-state index in [-0.39, 0.29) is 11.6 Å². The second-order valence-corrected chi connectivity index (χ2v) is 4.85. The van der Waals surface area contributed by atoms with Crippen LogP contribution < -0.4 is 5.73 Å². The van der Waals surface area contributed by atoms with E-state index in [0.29, 0.717) is 18.4 Å². The zero-order valence-corrected chi connectivity index (χ0v) is 10.5. The highest BCUT2D eigenvalue weighted by Crippen LogP contribution is 2.19. The number of hydrogen-bond donors (Lipinski definition) is 1. The number of hydrogen-bond acceptors (Lipinski definition) is 2. The zero-order valence-electron chi connectivity index (χ0n) is 10.5. The molecule has 0 bridgehead atoms. The third kappa shape index (κ3) is 4.06. The fraction of sp³-hybridized carbons (Fsp3) is 0.538. The number of ether oxygens (including phenoxy) is 1. The van der Waals surface area contributed by atoms with Crippen molar-refractivity contribution in [1.29, 1.82) is 0 Å². The quantitative estimate of drug-likeness (QED) is 0.862. The number of benzene rings is 1. The van der Waals surface area contributed by atoms with Gasteiger partial charge < -0.3 is 10.5 Å². The van der Waals surface area contributed by atoms with Gasteiger partial charge in [-0.2, -0.15) is 0 Å². The van der Waals surface area contributed by atoms with E-state index in [2.05, 4.69) is 0 Å². The molecule has 0 spiro atoms. The third-order valence-corrected chi connectivity index (χ3v) is 2.82. The molecule has 0 heterocycles. The molecule has 0 saturated carbocycles. The van der Waals surface area contributed by atoms with Crippen LogP contribution in [0.25, 0.3) is 0 Å². The molecule has 96 valence electrons. The lowest BCUT2D eigenvalue weighted by molar-refractivity contribution is 0.0101. The molecule has 0 aliphatic heterocycles. The van der Waals surface area contributed by atoms with Gasteiger partial charge in [0.2, 0.25) is 0 Å². The summed E-state index contributed by atoms with van der Waals surface area (Å²) in [5, 5.41) is 0. The van der Waals surface area contributed by atoms with Gasteiger partial charge in [0.15, 0.2) is 11.6 Å². The maximum atomic E-state index is 13.4. The lowest BCUT2D eigenvalue weighted by Gasteiger charge is -2.26. The molecule has 0 saturated heterocycles. The Labute approximate surface area is 101 Å². The summed E-state index contributed by atoms with van der Waals surface area (Å²) in [6.45, 7) is 3.82. The first-order valence-corrected chi connectivity index (χ1v) is 5.59. The van der Waals surface area contributed by atoms with Crippen LogP contribution >= 0.6 is 0 Å². The Bertz CT molecular complexity index is 380. The summed E-state index contributed by atoms with van der Waals surface area (Å²) in [5.74, 6) is -1.64. The molecule has 0 radical (unpaired) electrons. The van der Waals surface area contributed by atoms with Gasteiger partial charge in [0.05, 0.1) is 5.60 Å². The minimum atomic E-state index is -0.833. The Morgan fingerprint density at radius 3 is 2.59 bits per heavy atom. The summed E-state index contributed by atoms with van der Waals surface area (Å²) in [7, 11) is 1.61. The molecule has 0 aromatic heterocycles. The van der Waals surface area contributed by atoms with Gasteiger partial charge in [0.1, 0.15) is 0 Å². The van der Waals surface area contributed by atoms with E-state index in [1.54, 1.807) is 13.2 Å². The van der Waals surface area contributed by atoms with Crippen molar-refractivity contribution in [3.63, 3.8) is 0 Å². The average Bonchev–Trinajstić information content (AvgIpc) is 2.24. The lowest BCUT2D eigenvalue weighted by Crippen LogP contribution is -2.35. The normalized spacial score (nSPS) is 13.8. The van der Waals surface area contributed by atoms with E-state index in [1.807, 2.05) is 13.8 Å². The number of nitrogens with two attached hydrogens (primary N) is 1. The van der Waals surface area contributed by atoms with E-state index in [1.165, 1.54) is 6.07 Å². The topological polar surface area (TPSA) is 35.2 Å². The van der Waals surface area contributed by atoms with Gasteiger partial charge in [-0.05, 0) is 38.3 Å². The Morgan fingerprint density at radius 1 is 1.35 bits per heavy atom. The molecular formula is C13H19F2NO. The van der Waals surface area contributed by atoms with Crippen molar-refractivity contribution < 1.29 is 13.5 Å². The summed E-state index contributed by atoms with van der Waals surface area (Å²) < 4.78 is 31.7. The molecule has 1 aromatic rings. The molecular weight excluding hydrogens is 224 g/mol. The van der Waals surface area contributed by atoms with Gasteiger partial charge in [-0.15, -0.1) is 0 Å². The van der Waals surface area contributed by atoms with Crippen LogP contribution in [0.2, 0.25) is 0 Å². The van der Waals surface area contributed by atoms with Gasteiger partial charge in [0, 0.05) is 13.2 Å². The van der Waals surface area contributed by atoms with Gasteiger partial charge in [-0.25, -0.2) is 8.78 Å². The van der Waals surface area contributed by atoms with E-state index in [4.69, 9.17) is 10.5 Å². The van der Waals surface area contributed by atoms with Gasteiger partial charge in [-0.3, -0.25) is 0 Å². The average molecular weight is 243 g/mol. The Morgan fingerprint density at radius 2 is 2.00 bits per heavy atom. The molecule has 1 atom stereocenters. The molecule has 0 aliphatic rings. The molecule has 0 aliphatic carbocycles. The van der Waals surface area contributed by atoms with E-state index < -0.39 is 11.6 Å². The van der Waals surface area contributed by atoms with Crippen molar-refractivity contribution in [3.05, 3.63) is 35.4 Å². The molecule has 17 heavy (non-hydrogen) atoms. The highest BCUT2D eigenvalue weighted by molar-refractivity contribution is 5.20. The molecule has 1 aromatic carbocycles. The number of halogens is 2. The minimum absolute atomic E-state index is 0.263. The van der Waals surface area contributed by atoms with Crippen molar-refractivity contribution in [2.75, 3.05) is 7.11 Å². The van der Waals surface area contributed by atoms with E-state index >= 15 is 0 Å². The SMILES string of the molecule is COC(C)(C)CC(N)Cc1cccc(F)c1F. The summed E-state index contributed by atoms with van der Waals surface area (Å²) in [4.78, 5) is 0. The fourth-order valence-corrected chi connectivity index (χ4v) is 1.78. The van der Waals surface area contributed by atoms with Crippen molar-refractivity contribution in [1.82, 2.24) is 0 Å². The zero-order chi connectivity index (χ0) is 13.1. The highest BCUT2D eigenvalue weighted by atomic mass is 19.2. The van der Waals surface area contributed by atoms with E-state index in [9.17, 15) is 8.78 Å². The predicted molar refractivity (Wildman–Crippen MR) is 63.7 cm³/mol. The molecule has 4 heteroatoms. The van der Waals surface area contributed by atoms with Gasteiger partial charge >= 0.3 is 0 Å². The standard InChI is InChI=1S/C13H19F2NO/c1-13(2,17-3)8-10(16)7-9-5-4-6-11(14)12(9)15/h4-6,10H,7-8,16H2,1-3H3. The Kier molecular flexibility index (Phi) is 4.60. The maximum absolute atomic E-state index is 13.4. The lowest BCUT2D eigenvalue weighted by atomic mass is 9.94. The monoisotopic (exact) mass is 243 g/mol. The summed E-state index contributed by atoms with van der Waals surface area (Å²) in [5.41, 5.74) is 5.87. The van der Waals surface area contributed by atoms with Crippen LogP contribution in [-0.4, -0.2) is 18.8 Å². The third-order valence-electron chi connectivity index (χ3n) is 2.82. The van der Waals surface area contributed by atoms with Crippen LogP contribution in [0.4, 0.5) is 8.78 Å². The van der Waals surface area contributed by atoms with Crippen molar-refractivity contribution >= 4 is 0 Å². The fourth-order valence-electron chi connectivity index (χ4n) is 1.78. The highest BCUT2D eigenvalue weighted by Gasteiger charge is 2.21. The first kappa shape index (κ1) is 14.1. The molecule has 1 unspecified atom stereocenters. The van der Waals surface area contributed by atoms with Crippen molar-refractivity contribution in [3.8, 4) is 0 Å². The smallest absolute Gasteiger partial charge is 0.162 e. The van der Waals surface area contributed by atoms with Gasteiger partial charge in [0.25, 0.3) is 0 Å². The Hall–Kier alpha value is -1.00. The van der Waals surface area contributed by atoms with Crippen LogP contribution in [0, 0.1) is 11.6 Å². The molecule has 0 fully saturated rings. The predicted octanol–water partition coefficient (Wildman–Crippen LogP) is 2.65. The van der Waals surface area contributed by atoms with E-state index in [0.717, 1.165) is 6.07 Å². The molecule has 2 nitrogen and oxygen atoms in total. The van der Waals surface area contributed by atoms with Crippen LogP contribution in [0.5, 0.6) is 0 Å². The summed E-state index contributed by atoms with van der Waals surface area (Å²) in [6, 6.07) is 3.88. The van der Waals surface area contributed by atoms with Crippen molar-refractivity contribution in [2.45, 2.75) is 38.3 Å². The Balaban J connectivity index is 2.68. The van der Waals surface area contributed by atoms with Crippen LogP contribution in [0.1, 0.15) is 25.8 Å². The second-order valence-electron chi connectivity index (χ2n) is 4.85. The summed E-state index contributed by atoms with van der Waals surface area (Å²) in [6.07, 6.45) is 0.885. The minimum Gasteiger partial charge on any atom is -0.379 e. The van der Waals surface area contributed by atoms with Crippen LogP contribution in [0.3, 0.4) is 0 Å². The van der Waals surface area contributed by atoms with Crippen LogP contribution in [-0.2, 0) is 11.2 Å². The second kappa shape index (κ2) is 5.56. The number of methoxy groups -OCH3 is 1. The van der Waals surface area contributed by atoms with Gasteiger partial charge in [-0.1, -0.05) is 12.1 Å².